The number of carboxylic acid groups (broad SMARTS) is 1. The minimum Gasteiger partial charge on any atom is -0.481 e. The van der Waals surface area contributed by atoms with Gasteiger partial charge in [0.15, 0.2) is 0 Å². The van der Waals surface area contributed by atoms with E-state index in [4.69, 9.17) is 9.84 Å². The van der Waals surface area contributed by atoms with Crippen molar-refractivity contribution in [3.05, 3.63) is 11.1 Å². The van der Waals surface area contributed by atoms with E-state index in [0.29, 0.717) is 5.70 Å². The molecule has 2 unspecified atom stereocenters. The van der Waals surface area contributed by atoms with Gasteiger partial charge in [-0.3, -0.25) is 9.59 Å². The van der Waals surface area contributed by atoms with Crippen LogP contribution in [-0.2, 0) is 14.3 Å². The van der Waals surface area contributed by atoms with E-state index in [1.807, 2.05) is 0 Å². The number of urea groups is 1. The number of nitrogens with one attached hydrogen (secondary N) is 2. The van der Waals surface area contributed by atoms with Crippen LogP contribution in [-0.4, -0.2) is 41.5 Å². The fraction of sp³-hybridized carbons (Fsp3) is 0.545. The van der Waals surface area contributed by atoms with Gasteiger partial charge in [-0.2, -0.15) is 0 Å². The Morgan fingerprint density at radius 3 is 2.79 bits per heavy atom. The number of thioether (sulfide) groups is 1. The number of hydrogen-bond acceptors (Lipinski definition) is 5. The van der Waals surface area contributed by atoms with Gasteiger partial charge in [0.1, 0.15) is 5.92 Å². The van der Waals surface area contributed by atoms with E-state index in [2.05, 4.69) is 10.6 Å². The molecule has 1 fully saturated rings. The Bertz CT molecular complexity index is 410. The number of aliphatic carboxylic acids is 1. The van der Waals surface area contributed by atoms with Crippen LogP contribution in [0.4, 0.5) is 4.79 Å². The summed E-state index contributed by atoms with van der Waals surface area (Å²) in [6.07, 6.45) is 0. The number of carbonyl (C=O) groups excluding carboxylic acids is 2. The highest BCUT2D eigenvalue weighted by molar-refractivity contribution is 8.02. The second kappa shape index (κ2) is 7.03. The lowest BCUT2D eigenvalue weighted by molar-refractivity contribution is -0.147. The van der Waals surface area contributed by atoms with Crippen LogP contribution in [0.2, 0.25) is 0 Å². The second-order valence-corrected chi connectivity index (χ2v) is 4.75. The summed E-state index contributed by atoms with van der Waals surface area (Å²) in [6.45, 7) is 3.63. The van der Waals surface area contributed by atoms with Crippen LogP contribution < -0.4 is 10.6 Å². The molecule has 8 heteroatoms. The van der Waals surface area contributed by atoms with Gasteiger partial charge in [-0.25, -0.2) is 4.79 Å². The molecule has 1 rings (SSSR count). The van der Waals surface area contributed by atoms with Crippen molar-refractivity contribution in [3.8, 4) is 0 Å². The molecule has 1 aliphatic heterocycles. The van der Waals surface area contributed by atoms with Gasteiger partial charge in [0.25, 0.3) is 0 Å². The zero-order valence-electron chi connectivity index (χ0n) is 10.6. The molecule has 0 aliphatic carbocycles. The second-order valence-electron chi connectivity index (χ2n) is 3.89. The molecule has 0 aromatic rings. The van der Waals surface area contributed by atoms with Crippen molar-refractivity contribution < 1.29 is 24.2 Å². The van der Waals surface area contributed by atoms with Crippen molar-refractivity contribution in [2.24, 2.45) is 5.92 Å². The molecule has 2 amide bonds. The van der Waals surface area contributed by atoms with Crippen molar-refractivity contribution >= 4 is 29.7 Å². The molecule has 1 aliphatic rings. The van der Waals surface area contributed by atoms with Crippen LogP contribution in [0, 0.1) is 5.92 Å². The smallest absolute Gasteiger partial charge is 0.319 e. The third-order valence-corrected chi connectivity index (χ3v) is 3.24. The van der Waals surface area contributed by atoms with Crippen LogP contribution in [0.15, 0.2) is 11.1 Å². The van der Waals surface area contributed by atoms with E-state index in [9.17, 15) is 14.4 Å². The lowest BCUT2D eigenvalue weighted by atomic mass is 9.96. The maximum absolute atomic E-state index is 11.8. The summed E-state index contributed by atoms with van der Waals surface area (Å²) in [5, 5.41) is 15.1. The fourth-order valence-corrected chi connectivity index (χ4v) is 2.28. The van der Waals surface area contributed by atoms with Crippen molar-refractivity contribution in [2.75, 3.05) is 12.4 Å². The third-order valence-electron chi connectivity index (χ3n) is 2.41. The molecule has 1 heterocycles. The summed E-state index contributed by atoms with van der Waals surface area (Å²) in [5.41, 5.74) is 0.362. The predicted molar refractivity (Wildman–Crippen MR) is 69.4 cm³/mol. The van der Waals surface area contributed by atoms with Crippen LogP contribution >= 0.6 is 11.8 Å². The Morgan fingerprint density at radius 2 is 2.21 bits per heavy atom. The Morgan fingerprint density at radius 1 is 1.53 bits per heavy atom. The number of amides is 2. The maximum Gasteiger partial charge on any atom is 0.319 e. The van der Waals surface area contributed by atoms with E-state index in [1.165, 1.54) is 5.41 Å². The van der Waals surface area contributed by atoms with Gasteiger partial charge in [-0.15, -0.1) is 11.8 Å². The van der Waals surface area contributed by atoms with E-state index in [-0.39, 0.29) is 12.4 Å². The van der Waals surface area contributed by atoms with E-state index in [1.54, 1.807) is 13.8 Å². The predicted octanol–water partition coefficient (Wildman–Crippen LogP) is 0.526. The normalized spacial score (nSPS) is 24.5. The summed E-state index contributed by atoms with van der Waals surface area (Å²) in [6, 6.07) is -0.834. The molecule has 1 saturated heterocycles. The number of esters is 1. The molecule has 0 aromatic carbocycles. The summed E-state index contributed by atoms with van der Waals surface area (Å²) >= 11 is 0.999. The maximum atomic E-state index is 11.8. The molecule has 19 heavy (non-hydrogen) atoms. The highest BCUT2D eigenvalue weighted by Crippen LogP contribution is 2.22. The van der Waals surface area contributed by atoms with Crippen LogP contribution in [0.1, 0.15) is 13.8 Å². The molecule has 7 nitrogen and oxygen atoms in total. The van der Waals surface area contributed by atoms with Gasteiger partial charge in [0.05, 0.1) is 12.4 Å². The lowest BCUT2D eigenvalue weighted by Crippen LogP contribution is -2.54. The van der Waals surface area contributed by atoms with E-state index >= 15 is 0 Å². The molecule has 0 aromatic heterocycles. The molecule has 106 valence electrons. The molecule has 2 atom stereocenters. The van der Waals surface area contributed by atoms with Crippen LogP contribution in [0.25, 0.3) is 0 Å². The molecule has 0 bridgehead atoms. The van der Waals surface area contributed by atoms with Crippen molar-refractivity contribution in [3.63, 3.8) is 0 Å². The molecule has 3 N–H and O–H groups in total. The Labute approximate surface area is 114 Å². The fourth-order valence-electron chi connectivity index (χ4n) is 1.67. The zero-order valence-corrected chi connectivity index (χ0v) is 11.5. The molecule has 0 radical (unpaired) electrons. The van der Waals surface area contributed by atoms with E-state index < -0.39 is 29.9 Å². The number of carbonyl (C=O) groups is 3. The average Bonchev–Trinajstić information content (AvgIpc) is 2.27. The van der Waals surface area contributed by atoms with Crippen molar-refractivity contribution in [1.82, 2.24) is 10.6 Å². The van der Waals surface area contributed by atoms with Gasteiger partial charge in [0.2, 0.25) is 0 Å². The minimum absolute atomic E-state index is 0.142. The zero-order chi connectivity index (χ0) is 14.4. The van der Waals surface area contributed by atoms with Crippen LogP contribution in [0.5, 0.6) is 0 Å². The molecular formula is C11H16N2O5S. The van der Waals surface area contributed by atoms with Gasteiger partial charge < -0.3 is 20.5 Å². The summed E-state index contributed by atoms with van der Waals surface area (Å²) in [4.78, 5) is 33.7. The Kier molecular flexibility index (Phi) is 5.68. The van der Waals surface area contributed by atoms with Gasteiger partial charge in [-0.1, -0.05) is 0 Å². The standard InChI is InChI=1S/C11H16N2O5S/c1-3-18-10(16)9-6(2)12-11(17)13-7(9)4-19-5-8(14)15/h4,6,9H,3,5H2,1-2H3,(H,14,15)(H2,12,13,17). The molecule has 0 spiro atoms. The highest BCUT2D eigenvalue weighted by atomic mass is 32.2. The SMILES string of the molecule is CCOC(=O)C1C(=CSCC(=O)O)NC(=O)NC1C. The number of ether oxygens (including phenoxy) is 1. The van der Waals surface area contributed by atoms with Gasteiger partial charge >= 0.3 is 18.0 Å². The number of carboxylic acids is 1. The average molecular weight is 288 g/mol. The first-order valence-electron chi connectivity index (χ1n) is 5.73. The first-order chi connectivity index (χ1) is 8.95. The third kappa shape index (κ3) is 4.47. The Balaban J connectivity index is 2.83. The monoisotopic (exact) mass is 288 g/mol. The van der Waals surface area contributed by atoms with Crippen molar-refractivity contribution in [1.29, 1.82) is 0 Å². The Hall–Kier alpha value is -1.70. The topological polar surface area (TPSA) is 105 Å². The summed E-state index contributed by atoms with van der Waals surface area (Å²) < 4.78 is 4.95. The first kappa shape index (κ1) is 15.4. The quantitative estimate of drug-likeness (QED) is 0.637. The first-order valence-corrected chi connectivity index (χ1v) is 6.78. The van der Waals surface area contributed by atoms with Crippen LogP contribution in [0.3, 0.4) is 0 Å². The largest absolute Gasteiger partial charge is 0.481 e. The summed E-state index contributed by atoms with van der Waals surface area (Å²) in [7, 11) is 0. The highest BCUT2D eigenvalue weighted by Gasteiger charge is 2.36. The lowest BCUT2D eigenvalue weighted by Gasteiger charge is -2.31. The van der Waals surface area contributed by atoms with Gasteiger partial charge in [0, 0.05) is 11.7 Å². The number of rotatable bonds is 5. The minimum atomic E-state index is -0.970. The summed E-state index contributed by atoms with van der Waals surface area (Å²) in [5.74, 6) is -2.22. The molecule has 0 saturated carbocycles. The van der Waals surface area contributed by atoms with Crippen molar-refractivity contribution in [2.45, 2.75) is 19.9 Å². The number of hydrogen-bond donors (Lipinski definition) is 3. The molecular weight excluding hydrogens is 272 g/mol. The van der Waals surface area contributed by atoms with E-state index in [0.717, 1.165) is 11.8 Å². The van der Waals surface area contributed by atoms with Gasteiger partial charge in [-0.05, 0) is 19.3 Å².